The van der Waals surface area contributed by atoms with E-state index in [0.717, 1.165) is 24.0 Å². The van der Waals surface area contributed by atoms with Crippen molar-refractivity contribution in [2.45, 2.75) is 32.1 Å². The van der Waals surface area contributed by atoms with Gasteiger partial charge in [0.25, 0.3) is 0 Å². The average molecular weight is 390 g/mol. The van der Waals surface area contributed by atoms with E-state index in [-0.39, 0.29) is 29.4 Å². The molecule has 2 aliphatic carbocycles. The standard InChI is InChI=1S/C19H18O.HI/c1-4-12-11-20-18-13(12)9-10-16-17(18)14-7-5-6-8-15(14)19(16,2)3;/h4,6,8-11H,1,5,7H2,2-3H3;1H. The molecule has 0 unspecified atom stereocenters. The Morgan fingerprint density at radius 3 is 2.86 bits per heavy atom. The van der Waals surface area contributed by atoms with Crippen LogP contribution in [0.15, 0.2) is 47.1 Å². The van der Waals surface area contributed by atoms with Crippen LogP contribution in [0.25, 0.3) is 22.6 Å². The number of hydrogen-bond acceptors (Lipinski definition) is 1. The highest BCUT2D eigenvalue weighted by Gasteiger charge is 2.38. The molecule has 0 aliphatic heterocycles. The smallest absolute Gasteiger partial charge is 0.142 e. The third kappa shape index (κ3) is 1.81. The zero-order chi connectivity index (χ0) is 13.9. The monoisotopic (exact) mass is 390 g/mol. The molecule has 0 spiro atoms. The van der Waals surface area contributed by atoms with Crippen LogP contribution in [0.3, 0.4) is 0 Å². The Morgan fingerprint density at radius 1 is 1.29 bits per heavy atom. The fraction of sp³-hybridized carbons (Fsp3) is 0.263. The lowest BCUT2D eigenvalue weighted by Crippen LogP contribution is -2.16. The Balaban J connectivity index is 0.00000132. The summed E-state index contributed by atoms with van der Waals surface area (Å²) in [6.45, 7) is 8.50. The van der Waals surface area contributed by atoms with Crippen LogP contribution in [0.5, 0.6) is 0 Å². The van der Waals surface area contributed by atoms with Crippen LogP contribution >= 0.6 is 24.0 Å². The third-order valence-corrected chi connectivity index (χ3v) is 4.81. The first kappa shape index (κ1) is 14.6. The molecular weight excluding hydrogens is 371 g/mol. The van der Waals surface area contributed by atoms with Gasteiger partial charge in [-0.05, 0) is 29.6 Å². The van der Waals surface area contributed by atoms with Crippen molar-refractivity contribution in [3.8, 4) is 0 Å². The van der Waals surface area contributed by atoms with Gasteiger partial charge in [0.15, 0.2) is 0 Å². The Morgan fingerprint density at radius 2 is 2.10 bits per heavy atom. The van der Waals surface area contributed by atoms with Gasteiger partial charge in [-0.25, -0.2) is 0 Å². The van der Waals surface area contributed by atoms with E-state index in [4.69, 9.17) is 4.42 Å². The second-order valence-corrected chi connectivity index (χ2v) is 6.22. The van der Waals surface area contributed by atoms with Crippen molar-refractivity contribution in [1.29, 1.82) is 0 Å². The lowest BCUT2D eigenvalue weighted by Gasteiger charge is -2.23. The molecule has 0 bridgehead atoms. The van der Waals surface area contributed by atoms with Gasteiger partial charge < -0.3 is 4.42 Å². The van der Waals surface area contributed by atoms with Crippen molar-refractivity contribution in [2.75, 3.05) is 0 Å². The molecule has 0 N–H and O–H groups in total. The predicted octanol–water partition coefficient (Wildman–Crippen LogP) is 6.09. The van der Waals surface area contributed by atoms with Crippen LogP contribution in [-0.2, 0) is 5.41 Å². The molecule has 0 saturated carbocycles. The minimum Gasteiger partial charge on any atom is -0.463 e. The van der Waals surface area contributed by atoms with Gasteiger partial charge in [0.2, 0.25) is 0 Å². The Bertz CT molecular complexity index is 802. The van der Waals surface area contributed by atoms with Crippen molar-refractivity contribution in [3.63, 3.8) is 0 Å². The number of allylic oxidation sites excluding steroid dienone is 4. The number of rotatable bonds is 1. The first-order chi connectivity index (χ1) is 9.64. The number of halogens is 1. The summed E-state index contributed by atoms with van der Waals surface area (Å²) in [5, 5.41) is 1.18. The summed E-state index contributed by atoms with van der Waals surface area (Å²) in [7, 11) is 0. The van der Waals surface area contributed by atoms with Gasteiger partial charge in [-0.3, -0.25) is 0 Å². The maximum atomic E-state index is 5.90. The summed E-state index contributed by atoms with van der Waals surface area (Å²) in [6, 6.07) is 4.45. The highest BCUT2D eigenvalue weighted by Crippen LogP contribution is 2.52. The lowest BCUT2D eigenvalue weighted by molar-refractivity contribution is 0.610. The minimum absolute atomic E-state index is 0. The summed E-state index contributed by atoms with van der Waals surface area (Å²) in [6.07, 6.45) is 10.5. The molecule has 0 radical (unpaired) electrons. The van der Waals surface area contributed by atoms with E-state index in [9.17, 15) is 0 Å². The number of hydrogen-bond donors (Lipinski definition) is 0. The summed E-state index contributed by atoms with van der Waals surface area (Å²) in [5.41, 5.74) is 7.86. The molecule has 1 heterocycles. The van der Waals surface area contributed by atoms with Crippen molar-refractivity contribution in [2.24, 2.45) is 0 Å². The van der Waals surface area contributed by atoms with E-state index in [0.29, 0.717) is 0 Å². The van der Waals surface area contributed by atoms with Gasteiger partial charge in [0.05, 0.1) is 6.26 Å². The van der Waals surface area contributed by atoms with Gasteiger partial charge in [-0.15, -0.1) is 24.0 Å². The molecule has 0 fully saturated rings. The quantitative estimate of drug-likeness (QED) is 0.537. The van der Waals surface area contributed by atoms with Crippen LogP contribution in [-0.4, -0.2) is 0 Å². The van der Waals surface area contributed by atoms with Gasteiger partial charge in [-0.2, -0.15) is 0 Å². The molecule has 0 amide bonds. The van der Waals surface area contributed by atoms with Crippen LogP contribution in [0.4, 0.5) is 0 Å². The number of furan rings is 1. The first-order valence-electron chi connectivity index (χ1n) is 7.22. The van der Waals surface area contributed by atoms with Gasteiger partial charge >= 0.3 is 0 Å². The summed E-state index contributed by atoms with van der Waals surface area (Å²) in [4.78, 5) is 0. The first-order valence-corrected chi connectivity index (χ1v) is 7.22. The second-order valence-electron chi connectivity index (χ2n) is 6.22. The molecule has 1 aromatic carbocycles. The predicted molar refractivity (Wildman–Crippen MR) is 100 cm³/mol. The van der Waals surface area contributed by atoms with Gasteiger partial charge in [-0.1, -0.05) is 50.8 Å². The Kier molecular flexibility index (Phi) is 3.40. The number of benzene rings is 1. The molecule has 1 aromatic heterocycles. The van der Waals surface area contributed by atoms with E-state index in [1.807, 2.05) is 12.3 Å². The second kappa shape index (κ2) is 4.87. The van der Waals surface area contributed by atoms with E-state index < -0.39 is 0 Å². The molecule has 4 rings (SSSR count). The van der Waals surface area contributed by atoms with Crippen LogP contribution in [0.2, 0.25) is 0 Å². The van der Waals surface area contributed by atoms with Crippen molar-refractivity contribution >= 4 is 46.6 Å². The SMILES string of the molecule is C=Cc1coc2c3c(ccc12)C(C)(C)C1=C3CCC=C1.I. The highest BCUT2D eigenvalue weighted by molar-refractivity contribution is 14.0. The van der Waals surface area contributed by atoms with E-state index in [1.165, 1.54) is 27.7 Å². The Labute approximate surface area is 142 Å². The van der Waals surface area contributed by atoms with Crippen LogP contribution in [0, 0.1) is 0 Å². The largest absolute Gasteiger partial charge is 0.463 e. The zero-order valence-electron chi connectivity index (χ0n) is 12.4. The normalized spacial score (nSPS) is 18.4. The molecule has 1 nitrogen and oxygen atoms in total. The molecule has 0 atom stereocenters. The third-order valence-electron chi connectivity index (χ3n) is 4.81. The van der Waals surface area contributed by atoms with Crippen LogP contribution in [0.1, 0.15) is 43.4 Å². The molecule has 2 aromatic rings. The number of fused-ring (bicyclic) bond motifs is 4. The van der Waals surface area contributed by atoms with Crippen molar-refractivity contribution in [1.82, 2.24) is 0 Å². The van der Waals surface area contributed by atoms with Crippen LogP contribution < -0.4 is 0 Å². The summed E-state index contributed by atoms with van der Waals surface area (Å²) in [5.74, 6) is 0. The van der Waals surface area contributed by atoms with Gasteiger partial charge in [0, 0.05) is 21.9 Å². The molecule has 2 aliphatic rings. The fourth-order valence-corrected chi connectivity index (χ4v) is 3.75. The maximum Gasteiger partial charge on any atom is 0.142 e. The topological polar surface area (TPSA) is 13.1 Å². The molecular formula is C19H19IO. The molecule has 0 saturated heterocycles. The van der Waals surface area contributed by atoms with Crippen molar-refractivity contribution < 1.29 is 4.42 Å². The average Bonchev–Trinajstić information content (AvgIpc) is 2.97. The molecule has 21 heavy (non-hydrogen) atoms. The minimum atomic E-state index is 0. The Hall–Kier alpha value is -1.29. The van der Waals surface area contributed by atoms with Crippen molar-refractivity contribution in [3.05, 3.63) is 59.4 Å². The summed E-state index contributed by atoms with van der Waals surface area (Å²) < 4.78 is 5.90. The van der Waals surface area contributed by atoms with Gasteiger partial charge in [0.1, 0.15) is 5.58 Å². The zero-order valence-corrected chi connectivity index (χ0v) is 14.7. The van der Waals surface area contributed by atoms with E-state index in [2.05, 4.69) is 44.7 Å². The lowest BCUT2D eigenvalue weighted by atomic mass is 9.80. The van der Waals surface area contributed by atoms with E-state index >= 15 is 0 Å². The highest BCUT2D eigenvalue weighted by atomic mass is 127. The summed E-state index contributed by atoms with van der Waals surface area (Å²) >= 11 is 0. The maximum absolute atomic E-state index is 5.90. The fourth-order valence-electron chi connectivity index (χ4n) is 3.75. The van der Waals surface area contributed by atoms with E-state index in [1.54, 1.807) is 0 Å². The molecule has 108 valence electrons. The molecule has 2 heteroatoms.